The Morgan fingerprint density at radius 1 is 0.781 bits per heavy atom. The monoisotopic (exact) mass is 508 g/mol. The number of rotatable bonds is 7. The van der Waals surface area contributed by atoms with Gasteiger partial charge in [-0.15, -0.1) is 0 Å². The van der Waals surface area contributed by atoms with Crippen molar-refractivity contribution in [1.82, 2.24) is 0 Å². The third-order valence-corrected chi connectivity index (χ3v) is 5.94. The van der Waals surface area contributed by atoms with Crippen LogP contribution in [-0.2, 0) is 9.31 Å². The molecule has 0 aliphatic carbocycles. The Balaban J connectivity index is 0.000000258. The van der Waals surface area contributed by atoms with E-state index < -0.39 is 0 Å². The lowest BCUT2D eigenvalue weighted by Crippen LogP contribution is -2.41. The second kappa shape index (κ2) is 11.5. The quantitative estimate of drug-likeness (QED) is 0.551. The number of hydrogen-bond acceptors (Lipinski definition) is 6. The van der Waals surface area contributed by atoms with Gasteiger partial charge in [-0.3, -0.25) is 0 Å². The molecule has 0 bridgehead atoms. The zero-order valence-electron chi connectivity index (χ0n) is 19.7. The summed E-state index contributed by atoms with van der Waals surface area (Å²) in [7, 11) is -0.357. The van der Waals surface area contributed by atoms with Crippen LogP contribution in [0.25, 0.3) is 0 Å². The van der Waals surface area contributed by atoms with Gasteiger partial charge in [0.05, 0.1) is 24.4 Å². The first-order chi connectivity index (χ1) is 15.0. The summed E-state index contributed by atoms with van der Waals surface area (Å²) in [5, 5.41) is 17.7. The second-order valence-corrected chi connectivity index (χ2v) is 9.75. The molecule has 0 aromatic heterocycles. The second-order valence-electron chi connectivity index (χ2n) is 8.83. The number of aliphatic hydroxyl groups excluding tert-OH is 2. The molecule has 2 unspecified atom stereocenters. The third kappa shape index (κ3) is 7.49. The van der Waals surface area contributed by atoms with E-state index in [9.17, 15) is 0 Å². The van der Waals surface area contributed by atoms with Crippen LogP contribution in [0.15, 0.2) is 53.0 Å². The first-order valence-corrected chi connectivity index (χ1v) is 11.5. The highest BCUT2D eigenvalue weighted by Gasteiger charge is 2.51. The van der Waals surface area contributed by atoms with Gasteiger partial charge in [-0.25, -0.2) is 0 Å². The summed E-state index contributed by atoms with van der Waals surface area (Å²) in [4.78, 5) is 0. The summed E-state index contributed by atoms with van der Waals surface area (Å²) in [6.07, 6.45) is -0.358. The maximum Gasteiger partial charge on any atom is 0.494 e. The number of benzene rings is 2. The average molecular weight is 509 g/mol. The highest BCUT2D eigenvalue weighted by atomic mass is 79.9. The Bertz CT molecular complexity index is 809. The molecular weight excluding hydrogens is 475 g/mol. The molecule has 0 amide bonds. The van der Waals surface area contributed by atoms with Crippen molar-refractivity contribution in [3.05, 3.63) is 53.0 Å². The van der Waals surface area contributed by atoms with E-state index in [1.54, 1.807) is 0 Å². The van der Waals surface area contributed by atoms with Crippen LogP contribution in [0.1, 0.15) is 41.5 Å². The Hall–Kier alpha value is -1.58. The van der Waals surface area contributed by atoms with E-state index in [1.165, 1.54) is 0 Å². The fourth-order valence-electron chi connectivity index (χ4n) is 2.73. The van der Waals surface area contributed by atoms with E-state index >= 15 is 0 Å². The molecule has 2 atom stereocenters. The van der Waals surface area contributed by atoms with Crippen molar-refractivity contribution in [1.29, 1.82) is 0 Å². The van der Waals surface area contributed by atoms with Crippen molar-refractivity contribution >= 4 is 28.5 Å². The largest absolute Gasteiger partial charge is 0.494 e. The van der Waals surface area contributed by atoms with E-state index in [4.69, 9.17) is 29.0 Å². The Labute approximate surface area is 200 Å². The van der Waals surface area contributed by atoms with Crippen LogP contribution in [0.5, 0.6) is 11.5 Å². The van der Waals surface area contributed by atoms with Crippen LogP contribution >= 0.6 is 15.9 Å². The van der Waals surface area contributed by atoms with Gasteiger partial charge in [-0.05, 0) is 83.4 Å². The molecule has 2 N–H and O–H groups in total. The highest BCUT2D eigenvalue weighted by molar-refractivity contribution is 9.10. The predicted octanol–water partition coefficient (Wildman–Crippen LogP) is 3.95. The molecule has 8 heteroatoms. The van der Waals surface area contributed by atoms with Crippen LogP contribution < -0.4 is 14.9 Å². The van der Waals surface area contributed by atoms with Crippen LogP contribution in [0.2, 0.25) is 0 Å². The molecule has 1 saturated heterocycles. The van der Waals surface area contributed by atoms with Gasteiger partial charge in [-0.1, -0.05) is 28.1 Å². The minimum atomic E-state index is -0.357. The van der Waals surface area contributed by atoms with Crippen molar-refractivity contribution < 1.29 is 29.0 Å². The number of hydrogen-bond donors (Lipinski definition) is 2. The van der Waals surface area contributed by atoms with Gasteiger partial charge in [0.1, 0.15) is 23.7 Å². The third-order valence-electron chi connectivity index (χ3n) is 5.41. The lowest BCUT2D eigenvalue weighted by atomic mass is 9.79. The van der Waals surface area contributed by atoms with Crippen LogP contribution in [0.3, 0.4) is 0 Å². The molecular formula is C24H34BBrO6. The van der Waals surface area contributed by atoms with Gasteiger partial charge in [-0.2, -0.15) is 0 Å². The number of halogens is 1. The molecule has 0 radical (unpaired) electrons. The van der Waals surface area contributed by atoms with Gasteiger partial charge >= 0.3 is 7.12 Å². The van der Waals surface area contributed by atoms with Gasteiger partial charge in [0.15, 0.2) is 0 Å². The summed E-state index contributed by atoms with van der Waals surface area (Å²) in [5.74, 6) is 1.51. The summed E-state index contributed by atoms with van der Waals surface area (Å²) >= 11 is 3.32. The summed E-state index contributed by atoms with van der Waals surface area (Å²) in [5.41, 5.74) is 0.295. The summed E-state index contributed by atoms with van der Waals surface area (Å²) in [6, 6.07) is 15.1. The molecule has 1 fully saturated rings. The fourth-order valence-corrected chi connectivity index (χ4v) is 3.00. The Morgan fingerprint density at radius 2 is 1.16 bits per heavy atom. The molecule has 0 spiro atoms. The summed E-state index contributed by atoms with van der Waals surface area (Å²) in [6.45, 7) is 11.8. The van der Waals surface area contributed by atoms with Gasteiger partial charge < -0.3 is 29.0 Å². The zero-order chi connectivity index (χ0) is 23.9. The molecule has 176 valence electrons. The van der Waals surface area contributed by atoms with E-state index in [2.05, 4.69) is 15.9 Å². The molecule has 1 heterocycles. The zero-order valence-corrected chi connectivity index (χ0v) is 21.3. The van der Waals surface area contributed by atoms with E-state index in [1.807, 2.05) is 90.1 Å². The standard InChI is InChI=1S/C15H23BO4.C9H11BrO2/c1-11(10-17)18-13-8-6-12(7-9-13)16-19-14(2,3)15(4,5)20-16;1-7(6-11)12-9-4-2-8(10)3-5-9/h6-9,11,17H,10H2,1-5H3;2-5,7,11H,6H2,1H3. The number of aliphatic hydroxyl groups is 2. The lowest BCUT2D eigenvalue weighted by Gasteiger charge is -2.32. The van der Waals surface area contributed by atoms with E-state index in [0.29, 0.717) is 0 Å². The SMILES string of the molecule is CC(CO)Oc1ccc(B2OC(C)(C)C(C)(C)O2)cc1.CC(CO)Oc1ccc(Br)cc1. The molecule has 2 aromatic carbocycles. The van der Waals surface area contributed by atoms with Crippen molar-refractivity contribution in [2.75, 3.05) is 13.2 Å². The summed E-state index contributed by atoms with van der Waals surface area (Å²) < 4.78 is 23.9. The first-order valence-electron chi connectivity index (χ1n) is 10.7. The molecule has 1 aliphatic heterocycles. The van der Waals surface area contributed by atoms with Crippen LogP contribution in [-0.4, -0.2) is 54.0 Å². The number of ether oxygens (including phenoxy) is 2. The molecule has 6 nitrogen and oxygen atoms in total. The van der Waals surface area contributed by atoms with E-state index in [0.717, 1.165) is 21.4 Å². The topological polar surface area (TPSA) is 77.4 Å². The molecule has 3 rings (SSSR count). The molecule has 0 saturated carbocycles. The van der Waals surface area contributed by atoms with Gasteiger partial charge in [0.25, 0.3) is 0 Å². The van der Waals surface area contributed by atoms with Crippen molar-refractivity contribution in [2.24, 2.45) is 0 Å². The van der Waals surface area contributed by atoms with Crippen molar-refractivity contribution in [2.45, 2.75) is 65.0 Å². The van der Waals surface area contributed by atoms with Crippen LogP contribution in [0.4, 0.5) is 0 Å². The average Bonchev–Trinajstić information content (AvgIpc) is 2.97. The maximum absolute atomic E-state index is 8.97. The molecule has 32 heavy (non-hydrogen) atoms. The van der Waals surface area contributed by atoms with Crippen molar-refractivity contribution in [3.63, 3.8) is 0 Å². The van der Waals surface area contributed by atoms with Gasteiger partial charge in [0.2, 0.25) is 0 Å². The minimum Gasteiger partial charge on any atom is -0.488 e. The van der Waals surface area contributed by atoms with Crippen molar-refractivity contribution in [3.8, 4) is 11.5 Å². The molecule has 1 aliphatic rings. The minimum absolute atomic E-state index is 0.00101. The van der Waals surface area contributed by atoms with E-state index in [-0.39, 0.29) is 43.7 Å². The van der Waals surface area contributed by atoms with Crippen LogP contribution in [0, 0.1) is 0 Å². The Morgan fingerprint density at radius 3 is 1.53 bits per heavy atom. The Kier molecular flexibility index (Phi) is 9.60. The maximum atomic E-state index is 8.97. The highest BCUT2D eigenvalue weighted by Crippen LogP contribution is 2.36. The van der Waals surface area contributed by atoms with Gasteiger partial charge in [0, 0.05) is 4.47 Å². The fraction of sp³-hybridized carbons (Fsp3) is 0.500. The molecule has 2 aromatic rings. The predicted molar refractivity (Wildman–Crippen MR) is 131 cm³/mol. The normalized spacial score (nSPS) is 18.3. The lowest BCUT2D eigenvalue weighted by molar-refractivity contribution is 0.00578. The first kappa shape index (κ1) is 26.7. The smallest absolute Gasteiger partial charge is 0.488 e.